The first kappa shape index (κ1) is 17.2. The second kappa shape index (κ2) is 9.12. The number of aliphatic imine (C=N–C) groups is 1. The lowest BCUT2D eigenvalue weighted by Gasteiger charge is -2.11. The summed E-state index contributed by atoms with van der Waals surface area (Å²) in [7, 11) is 0. The minimum Gasteiger partial charge on any atom is -0.357 e. The SMILES string of the molecule is CCNC(=NCc1ccc(Br)s1)NCCc1ccc(Cl)nc1. The Kier molecular flexibility index (Phi) is 7.15. The van der Waals surface area contributed by atoms with E-state index in [0.717, 1.165) is 34.8 Å². The van der Waals surface area contributed by atoms with Gasteiger partial charge in [-0.3, -0.25) is 0 Å². The fourth-order valence-electron chi connectivity index (χ4n) is 1.82. The molecular formula is C15H18BrClN4S. The van der Waals surface area contributed by atoms with Crippen molar-refractivity contribution in [3.63, 3.8) is 0 Å². The molecule has 4 nitrogen and oxygen atoms in total. The summed E-state index contributed by atoms with van der Waals surface area (Å²) in [4.78, 5) is 9.90. The molecular weight excluding hydrogens is 384 g/mol. The molecule has 0 aliphatic rings. The Labute approximate surface area is 148 Å². The largest absolute Gasteiger partial charge is 0.357 e. The molecule has 0 amide bonds. The van der Waals surface area contributed by atoms with Crippen molar-refractivity contribution in [3.05, 3.63) is 49.8 Å². The highest BCUT2D eigenvalue weighted by atomic mass is 79.9. The molecule has 2 aromatic heterocycles. The number of halogens is 2. The van der Waals surface area contributed by atoms with E-state index < -0.39 is 0 Å². The number of rotatable bonds is 6. The van der Waals surface area contributed by atoms with Crippen LogP contribution < -0.4 is 10.6 Å². The summed E-state index contributed by atoms with van der Waals surface area (Å²) in [5, 5.41) is 7.10. The van der Waals surface area contributed by atoms with E-state index in [1.807, 2.05) is 18.2 Å². The molecule has 0 fully saturated rings. The zero-order chi connectivity index (χ0) is 15.8. The molecule has 0 saturated heterocycles. The Morgan fingerprint density at radius 2 is 2.18 bits per heavy atom. The Morgan fingerprint density at radius 3 is 2.82 bits per heavy atom. The maximum Gasteiger partial charge on any atom is 0.191 e. The second-order valence-corrected chi connectivity index (χ2v) is 7.50. The van der Waals surface area contributed by atoms with Crippen LogP contribution in [0.5, 0.6) is 0 Å². The van der Waals surface area contributed by atoms with E-state index in [0.29, 0.717) is 11.7 Å². The summed E-state index contributed by atoms with van der Waals surface area (Å²) < 4.78 is 1.13. The van der Waals surface area contributed by atoms with E-state index in [9.17, 15) is 0 Å². The van der Waals surface area contributed by atoms with Gasteiger partial charge in [0, 0.05) is 24.2 Å². The maximum absolute atomic E-state index is 5.78. The summed E-state index contributed by atoms with van der Waals surface area (Å²) in [6.45, 7) is 4.36. The van der Waals surface area contributed by atoms with E-state index in [-0.39, 0.29) is 0 Å². The van der Waals surface area contributed by atoms with E-state index >= 15 is 0 Å². The maximum atomic E-state index is 5.78. The Hall–Kier alpha value is -1.11. The molecule has 0 aliphatic heterocycles. The van der Waals surface area contributed by atoms with Crippen molar-refractivity contribution >= 4 is 44.8 Å². The van der Waals surface area contributed by atoms with Crippen LogP contribution in [0.15, 0.2) is 39.2 Å². The number of hydrogen-bond acceptors (Lipinski definition) is 3. The van der Waals surface area contributed by atoms with Crippen LogP contribution in [0.2, 0.25) is 5.15 Å². The van der Waals surface area contributed by atoms with Gasteiger partial charge in [0.1, 0.15) is 5.15 Å². The third-order valence-corrected chi connectivity index (χ3v) is 4.69. The fraction of sp³-hybridized carbons (Fsp3) is 0.333. The van der Waals surface area contributed by atoms with Crippen molar-refractivity contribution in [1.29, 1.82) is 0 Å². The second-order valence-electron chi connectivity index (χ2n) is 4.57. The van der Waals surface area contributed by atoms with Crippen molar-refractivity contribution in [2.24, 2.45) is 4.99 Å². The monoisotopic (exact) mass is 400 g/mol. The van der Waals surface area contributed by atoms with Crippen LogP contribution in [0.1, 0.15) is 17.4 Å². The molecule has 2 aromatic rings. The lowest BCUT2D eigenvalue weighted by molar-refractivity contribution is 0.799. The Bertz CT molecular complexity index is 612. The first-order valence-electron chi connectivity index (χ1n) is 7.04. The van der Waals surface area contributed by atoms with Crippen molar-refractivity contribution in [1.82, 2.24) is 15.6 Å². The first-order chi connectivity index (χ1) is 10.7. The zero-order valence-electron chi connectivity index (χ0n) is 12.3. The molecule has 0 atom stereocenters. The van der Waals surface area contributed by atoms with Crippen LogP contribution in [0, 0.1) is 0 Å². The lowest BCUT2D eigenvalue weighted by atomic mass is 10.2. The number of aromatic nitrogens is 1. The Balaban J connectivity index is 1.84. The standard InChI is InChI=1S/C15H18BrClN4S/c1-2-18-15(21-10-12-4-5-13(16)22-12)19-8-7-11-3-6-14(17)20-9-11/h3-6,9H,2,7-8,10H2,1H3,(H2,18,19,21). The van der Waals surface area contributed by atoms with Crippen molar-refractivity contribution in [2.45, 2.75) is 19.9 Å². The van der Waals surface area contributed by atoms with Crippen LogP contribution >= 0.6 is 38.9 Å². The third kappa shape index (κ3) is 5.94. The predicted octanol–water partition coefficient (Wildman–Crippen LogP) is 3.86. The van der Waals surface area contributed by atoms with Gasteiger partial charge in [0.05, 0.1) is 10.3 Å². The molecule has 118 valence electrons. The van der Waals surface area contributed by atoms with Gasteiger partial charge in [0.25, 0.3) is 0 Å². The zero-order valence-corrected chi connectivity index (χ0v) is 15.4. The highest BCUT2D eigenvalue weighted by Crippen LogP contribution is 2.22. The number of pyridine rings is 1. The van der Waals surface area contributed by atoms with Crippen molar-refractivity contribution in [3.8, 4) is 0 Å². The first-order valence-corrected chi connectivity index (χ1v) is 9.03. The molecule has 0 bridgehead atoms. The summed E-state index contributed by atoms with van der Waals surface area (Å²) in [5.74, 6) is 0.828. The molecule has 2 rings (SSSR count). The van der Waals surface area contributed by atoms with Crippen molar-refractivity contribution in [2.75, 3.05) is 13.1 Å². The molecule has 7 heteroatoms. The van der Waals surface area contributed by atoms with Gasteiger partial charge in [-0.05, 0) is 53.0 Å². The van der Waals surface area contributed by atoms with Gasteiger partial charge in [0.15, 0.2) is 5.96 Å². The van der Waals surface area contributed by atoms with Gasteiger partial charge in [-0.25, -0.2) is 9.98 Å². The molecule has 0 aliphatic carbocycles. The molecule has 0 spiro atoms. The molecule has 0 unspecified atom stereocenters. The van der Waals surface area contributed by atoms with Gasteiger partial charge in [-0.1, -0.05) is 17.7 Å². The third-order valence-electron chi connectivity index (χ3n) is 2.86. The van der Waals surface area contributed by atoms with E-state index in [1.165, 1.54) is 4.88 Å². The quantitative estimate of drug-likeness (QED) is 0.439. The summed E-state index contributed by atoms with van der Waals surface area (Å²) in [6, 6.07) is 7.93. The Morgan fingerprint density at radius 1 is 1.32 bits per heavy atom. The molecule has 0 aromatic carbocycles. The number of thiophene rings is 1. The number of nitrogens with zero attached hydrogens (tertiary/aromatic N) is 2. The highest BCUT2D eigenvalue weighted by Gasteiger charge is 2.00. The smallest absolute Gasteiger partial charge is 0.191 e. The average Bonchev–Trinajstić information content (AvgIpc) is 2.92. The van der Waals surface area contributed by atoms with Gasteiger partial charge in [-0.15, -0.1) is 11.3 Å². The van der Waals surface area contributed by atoms with Gasteiger partial charge in [0.2, 0.25) is 0 Å². The average molecular weight is 402 g/mol. The van der Waals surface area contributed by atoms with Crippen LogP contribution in [0.3, 0.4) is 0 Å². The number of guanidine groups is 1. The lowest BCUT2D eigenvalue weighted by Crippen LogP contribution is -2.38. The molecule has 2 heterocycles. The summed E-state index contributed by atoms with van der Waals surface area (Å²) in [5.41, 5.74) is 1.15. The normalized spacial score (nSPS) is 11.5. The van der Waals surface area contributed by atoms with Crippen LogP contribution in [-0.2, 0) is 13.0 Å². The van der Waals surface area contributed by atoms with Crippen LogP contribution in [0.25, 0.3) is 0 Å². The van der Waals surface area contributed by atoms with Crippen LogP contribution in [0.4, 0.5) is 0 Å². The minimum absolute atomic E-state index is 0.522. The number of hydrogen-bond donors (Lipinski definition) is 2. The van der Waals surface area contributed by atoms with Crippen molar-refractivity contribution < 1.29 is 0 Å². The van der Waals surface area contributed by atoms with Gasteiger partial charge >= 0.3 is 0 Å². The molecule has 2 N–H and O–H groups in total. The highest BCUT2D eigenvalue weighted by molar-refractivity contribution is 9.11. The summed E-state index contributed by atoms with van der Waals surface area (Å²) in [6.07, 6.45) is 2.68. The van der Waals surface area contributed by atoms with Crippen LogP contribution in [-0.4, -0.2) is 24.0 Å². The van der Waals surface area contributed by atoms with Gasteiger partial charge < -0.3 is 10.6 Å². The van der Waals surface area contributed by atoms with E-state index in [4.69, 9.17) is 11.6 Å². The van der Waals surface area contributed by atoms with Gasteiger partial charge in [-0.2, -0.15) is 0 Å². The molecule has 0 saturated carbocycles. The predicted molar refractivity (Wildman–Crippen MR) is 97.8 cm³/mol. The topological polar surface area (TPSA) is 49.3 Å². The molecule has 22 heavy (non-hydrogen) atoms. The van der Waals surface area contributed by atoms with E-state index in [1.54, 1.807) is 17.5 Å². The molecule has 0 radical (unpaired) electrons. The van der Waals surface area contributed by atoms with E-state index in [2.05, 4.69) is 49.5 Å². The fourth-order valence-corrected chi connectivity index (χ4v) is 3.33. The summed E-state index contributed by atoms with van der Waals surface area (Å²) >= 11 is 10.9. The minimum atomic E-state index is 0.522. The number of nitrogens with one attached hydrogen (secondary N) is 2.